The molecule has 0 fully saturated rings. The third kappa shape index (κ3) is 3.20. The van der Waals surface area contributed by atoms with E-state index in [1.165, 1.54) is 16.7 Å². The molecule has 0 aliphatic carbocycles. The van der Waals surface area contributed by atoms with Gasteiger partial charge in [-0.3, -0.25) is 4.68 Å². The van der Waals surface area contributed by atoms with Gasteiger partial charge in [-0.25, -0.2) is 4.79 Å². The fraction of sp³-hybridized carbons (Fsp3) is 0.238. The Morgan fingerprint density at radius 2 is 1.92 bits per heavy atom. The quantitative estimate of drug-likeness (QED) is 0.765. The standard InChI is InChI=1S/C21H22N4O/c1-15-7-9-18(10-8-15)23-21(26)25-13-16-5-3-4-6-19(16)20(14-25)17-11-22-24(2)12-17/h3-12,20H,13-14H2,1-2H3,(H,23,26)/t20-/m0/s1. The molecule has 2 aromatic carbocycles. The van der Waals surface area contributed by atoms with E-state index >= 15 is 0 Å². The van der Waals surface area contributed by atoms with Gasteiger partial charge < -0.3 is 10.2 Å². The van der Waals surface area contributed by atoms with Gasteiger partial charge in [0, 0.05) is 37.9 Å². The summed E-state index contributed by atoms with van der Waals surface area (Å²) in [7, 11) is 1.92. The lowest BCUT2D eigenvalue weighted by Crippen LogP contribution is -2.41. The molecule has 132 valence electrons. The lowest BCUT2D eigenvalue weighted by atomic mass is 9.86. The van der Waals surface area contributed by atoms with Crippen molar-refractivity contribution >= 4 is 11.7 Å². The van der Waals surface area contributed by atoms with Crippen molar-refractivity contribution in [3.63, 3.8) is 0 Å². The summed E-state index contributed by atoms with van der Waals surface area (Å²) in [6, 6.07) is 16.1. The highest BCUT2D eigenvalue weighted by Gasteiger charge is 2.29. The van der Waals surface area contributed by atoms with Crippen molar-refractivity contribution in [3.05, 3.63) is 83.2 Å². The average molecular weight is 346 g/mol. The molecule has 0 bridgehead atoms. The molecule has 2 amide bonds. The van der Waals surface area contributed by atoms with Gasteiger partial charge in [-0.2, -0.15) is 5.10 Å². The Hall–Kier alpha value is -3.08. The summed E-state index contributed by atoms with van der Waals surface area (Å²) in [4.78, 5) is 14.7. The largest absolute Gasteiger partial charge is 0.322 e. The van der Waals surface area contributed by atoms with Crippen LogP contribution in [0.25, 0.3) is 0 Å². The average Bonchev–Trinajstić information content (AvgIpc) is 3.09. The van der Waals surface area contributed by atoms with Crippen LogP contribution in [0.15, 0.2) is 60.9 Å². The third-order valence-electron chi connectivity index (χ3n) is 4.91. The molecule has 2 heterocycles. The molecule has 0 radical (unpaired) electrons. The Morgan fingerprint density at radius 3 is 2.65 bits per heavy atom. The van der Waals surface area contributed by atoms with Crippen molar-refractivity contribution in [3.8, 4) is 0 Å². The molecule has 1 aliphatic heterocycles. The number of nitrogens with zero attached hydrogens (tertiary/aromatic N) is 3. The van der Waals surface area contributed by atoms with Crippen LogP contribution in [-0.2, 0) is 13.6 Å². The van der Waals surface area contributed by atoms with Gasteiger partial charge >= 0.3 is 6.03 Å². The van der Waals surface area contributed by atoms with E-state index in [4.69, 9.17) is 0 Å². The summed E-state index contributed by atoms with van der Waals surface area (Å²) in [5.74, 6) is 0.136. The van der Waals surface area contributed by atoms with Crippen molar-refractivity contribution in [1.29, 1.82) is 0 Å². The number of anilines is 1. The number of fused-ring (bicyclic) bond motifs is 1. The fourth-order valence-corrected chi connectivity index (χ4v) is 3.51. The lowest BCUT2D eigenvalue weighted by molar-refractivity contribution is 0.203. The zero-order valence-electron chi connectivity index (χ0n) is 15.0. The predicted octanol–water partition coefficient (Wildman–Crippen LogP) is 3.91. The Labute approximate surface area is 153 Å². The Bertz CT molecular complexity index is 929. The van der Waals surface area contributed by atoms with Crippen molar-refractivity contribution in [1.82, 2.24) is 14.7 Å². The van der Waals surface area contributed by atoms with E-state index in [0.29, 0.717) is 13.1 Å². The van der Waals surface area contributed by atoms with Gasteiger partial charge in [0.05, 0.1) is 6.20 Å². The number of hydrogen-bond donors (Lipinski definition) is 1. The van der Waals surface area contributed by atoms with Gasteiger partial charge in [-0.1, -0.05) is 42.0 Å². The molecule has 1 aromatic heterocycles. The van der Waals surface area contributed by atoms with E-state index in [1.54, 1.807) is 0 Å². The van der Waals surface area contributed by atoms with Crippen LogP contribution in [0.2, 0.25) is 0 Å². The van der Waals surface area contributed by atoms with Crippen molar-refractivity contribution in [2.45, 2.75) is 19.4 Å². The smallest absolute Gasteiger partial charge is 0.319 e. The predicted molar refractivity (Wildman–Crippen MR) is 102 cm³/mol. The molecular weight excluding hydrogens is 324 g/mol. The van der Waals surface area contributed by atoms with Crippen LogP contribution in [0.4, 0.5) is 10.5 Å². The second-order valence-electron chi connectivity index (χ2n) is 6.88. The van der Waals surface area contributed by atoms with Gasteiger partial charge in [0.25, 0.3) is 0 Å². The van der Waals surface area contributed by atoms with E-state index in [-0.39, 0.29) is 11.9 Å². The van der Waals surface area contributed by atoms with Gasteiger partial charge in [-0.15, -0.1) is 0 Å². The number of rotatable bonds is 2. The lowest BCUT2D eigenvalue weighted by Gasteiger charge is -2.34. The van der Waals surface area contributed by atoms with Gasteiger partial charge in [0.15, 0.2) is 0 Å². The maximum Gasteiger partial charge on any atom is 0.322 e. The van der Waals surface area contributed by atoms with Crippen LogP contribution in [0.5, 0.6) is 0 Å². The SMILES string of the molecule is Cc1ccc(NC(=O)N2Cc3ccccc3[C@H](c3cnn(C)c3)C2)cc1. The molecule has 0 saturated heterocycles. The van der Waals surface area contributed by atoms with Crippen molar-refractivity contribution in [2.75, 3.05) is 11.9 Å². The summed E-state index contributed by atoms with van der Waals surface area (Å²) >= 11 is 0. The number of carbonyl (C=O) groups excluding carboxylic acids is 1. The summed E-state index contributed by atoms with van der Waals surface area (Å²) in [5.41, 5.74) is 5.59. The van der Waals surface area contributed by atoms with Crippen LogP contribution in [-0.4, -0.2) is 27.3 Å². The van der Waals surface area contributed by atoms with E-state index in [1.807, 2.05) is 66.3 Å². The van der Waals surface area contributed by atoms with E-state index in [2.05, 4.69) is 28.6 Å². The summed E-state index contributed by atoms with van der Waals surface area (Å²) < 4.78 is 1.81. The molecular formula is C21H22N4O. The molecule has 0 saturated carbocycles. The highest BCUT2D eigenvalue weighted by atomic mass is 16.2. The number of hydrogen-bond acceptors (Lipinski definition) is 2. The summed E-state index contributed by atoms with van der Waals surface area (Å²) in [5, 5.41) is 7.32. The first-order chi connectivity index (χ1) is 12.6. The summed E-state index contributed by atoms with van der Waals surface area (Å²) in [6.45, 7) is 3.29. The minimum absolute atomic E-state index is 0.0720. The van der Waals surface area contributed by atoms with Crippen LogP contribution in [0, 0.1) is 6.92 Å². The highest BCUT2D eigenvalue weighted by Crippen LogP contribution is 2.33. The molecule has 1 atom stereocenters. The molecule has 1 aliphatic rings. The minimum Gasteiger partial charge on any atom is -0.319 e. The second kappa shape index (κ2) is 6.67. The van der Waals surface area contributed by atoms with E-state index in [9.17, 15) is 4.79 Å². The highest BCUT2D eigenvalue weighted by molar-refractivity contribution is 5.89. The van der Waals surface area contributed by atoms with Crippen LogP contribution in [0.1, 0.15) is 28.2 Å². The number of carbonyl (C=O) groups is 1. The van der Waals surface area contributed by atoms with Gasteiger partial charge in [-0.05, 0) is 35.7 Å². The third-order valence-corrected chi connectivity index (χ3v) is 4.91. The Kier molecular flexibility index (Phi) is 4.21. The van der Waals surface area contributed by atoms with E-state index < -0.39 is 0 Å². The first-order valence-electron chi connectivity index (χ1n) is 8.79. The van der Waals surface area contributed by atoms with Crippen LogP contribution < -0.4 is 5.32 Å². The maximum atomic E-state index is 12.8. The minimum atomic E-state index is -0.0720. The maximum absolute atomic E-state index is 12.8. The fourth-order valence-electron chi connectivity index (χ4n) is 3.51. The van der Waals surface area contributed by atoms with E-state index in [0.717, 1.165) is 11.3 Å². The Balaban J connectivity index is 1.60. The van der Waals surface area contributed by atoms with Gasteiger partial charge in [0.1, 0.15) is 0 Å². The number of amides is 2. The first-order valence-corrected chi connectivity index (χ1v) is 8.79. The number of nitrogens with one attached hydrogen (secondary N) is 1. The summed E-state index contributed by atoms with van der Waals surface area (Å²) in [6.07, 6.45) is 3.92. The first kappa shape index (κ1) is 16.4. The number of aryl methyl sites for hydroxylation is 2. The van der Waals surface area contributed by atoms with Crippen LogP contribution >= 0.6 is 0 Å². The molecule has 0 unspecified atom stereocenters. The molecule has 4 rings (SSSR count). The number of benzene rings is 2. The molecule has 5 heteroatoms. The second-order valence-corrected chi connectivity index (χ2v) is 6.88. The van der Waals surface area contributed by atoms with Crippen LogP contribution in [0.3, 0.4) is 0 Å². The molecule has 1 N–H and O–H groups in total. The zero-order chi connectivity index (χ0) is 18.1. The molecule has 26 heavy (non-hydrogen) atoms. The molecule has 0 spiro atoms. The normalized spacial score (nSPS) is 16.2. The van der Waals surface area contributed by atoms with Gasteiger partial charge in [0.2, 0.25) is 0 Å². The van der Waals surface area contributed by atoms with Crippen molar-refractivity contribution < 1.29 is 4.79 Å². The topological polar surface area (TPSA) is 50.2 Å². The van der Waals surface area contributed by atoms with Crippen molar-refractivity contribution in [2.24, 2.45) is 7.05 Å². The number of urea groups is 1. The Morgan fingerprint density at radius 1 is 1.15 bits per heavy atom. The number of aromatic nitrogens is 2. The molecule has 3 aromatic rings. The molecule has 5 nitrogen and oxygen atoms in total. The zero-order valence-corrected chi connectivity index (χ0v) is 15.0. The monoisotopic (exact) mass is 346 g/mol.